The first kappa shape index (κ1) is 12.8. The van der Waals surface area contributed by atoms with Gasteiger partial charge in [-0.05, 0) is 47.3 Å². The summed E-state index contributed by atoms with van der Waals surface area (Å²) in [6.45, 7) is 3.63. The molecule has 4 heteroatoms. The first-order valence-corrected chi connectivity index (χ1v) is 7.10. The van der Waals surface area contributed by atoms with Crippen molar-refractivity contribution in [1.29, 1.82) is 0 Å². The molecule has 17 heavy (non-hydrogen) atoms. The Morgan fingerprint density at radius 3 is 2.76 bits per heavy atom. The average molecular weight is 298 g/mol. The van der Waals surface area contributed by atoms with Crippen LogP contribution in [0.4, 0.5) is 5.82 Å². The van der Waals surface area contributed by atoms with Gasteiger partial charge in [-0.2, -0.15) is 0 Å². The molecular weight excluding hydrogens is 278 g/mol. The molecule has 1 fully saturated rings. The lowest BCUT2D eigenvalue weighted by Gasteiger charge is -2.30. The molecule has 0 spiro atoms. The summed E-state index contributed by atoms with van der Waals surface area (Å²) in [4.78, 5) is 6.94. The van der Waals surface area contributed by atoms with Crippen LogP contribution >= 0.6 is 15.9 Å². The molecule has 0 aromatic carbocycles. The number of pyridine rings is 1. The van der Waals surface area contributed by atoms with Gasteiger partial charge in [-0.15, -0.1) is 0 Å². The summed E-state index contributed by atoms with van der Waals surface area (Å²) in [5.74, 6) is 1.05. The quantitative estimate of drug-likeness (QED) is 0.929. The van der Waals surface area contributed by atoms with Crippen LogP contribution in [0.3, 0.4) is 0 Å². The van der Waals surface area contributed by atoms with Crippen LogP contribution < -0.4 is 10.6 Å². The molecule has 0 aliphatic heterocycles. The summed E-state index contributed by atoms with van der Waals surface area (Å²) in [5, 5.41) is 0. The van der Waals surface area contributed by atoms with Crippen molar-refractivity contribution in [2.24, 2.45) is 5.73 Å². The standard InChI is InChI=1S/C13H20BrN3/c1-10-8-12(14)13(16-9-10)17(7-6-15)11-4-2-3-5-11/h8-9,11H,2-7,15H2,1H3. The maximum absolute atomic E-state index is 5.73. The minimum atomic E-state index is 0.616. The minimum absolute atomic E-state index is 0.616. The Kier molecular flexibility index (Phi) is 4.40. The van der Waals surface area contributed by atoms with E-state index in [1.54, 1.807) is 0 Å². The van der Waals surface area contributed by atoms with Gasteiger partial charge in [0.2, 0.25) is 0 Å². The van der Waals surface area contributed by atoms with E-state index in [9.17, 15) is 0 Å². The van der Waals surface area contributed by atoms with Gasteiger partial charge in [0.05, 0.1) is 4.47 Å². The van der Waals surface area contributed by atoms with E-state index in [2.05, 4.69) is 38.8 Å². The molecule has 0 amide bonds. The molecule has 0 atom stereocenters. The number of nitrogens with zero attached hydrogens (tertiary/aromatic N) is 2. The molecule has 1 saturated carbocycles. The van der Waals surface area contributed by atoms with Crippen molar-refractivity contribution in [2.45, 2.75) is 38.6 Å². The molecule has 1 aliphatic carbocycles. The minimum Gasteiger partial charge on any atom is -0.351 e. The third-order valence-corrected chi connectivity index (χ3v) is 3.95. The van der Waals surface area contributed by atoms with Crippen molar-refractivity contribution >= 4 is 21.7 Å². The Labute approximate surface area is 112 Å². The number of rotatable bonds is 4. The Hall–Kier alpha value is -0.610. The van der Waals surface area contributed by atoms with Crippen molar-refractivity contribution in [3.63, 3.8) is 0 Å². The second-order valence-electron chi connectivity index (χ2n) is 4.74. The summed E-state index contributed by atoms with van der Waals surface area (Å²) >= 11 is 3.62. The van der Waals surface area contributed by atoms with Crippen LogP contribution in [-0.2, 0) is 0 Å². The monoisotopic (exact) mass is 297 g/mol. The van der Waals surface area contributed by atoms with E-state index in [1.165, 1.54) is 31.2 Å². The van der Waals surface area contributed by atoms with E-state index in [0.29, 0.717) is 12.6 Å². The Bertz CT molecular complexity index is 375. The lowest BCUT2D eigenvalue weighted by molar-refractivity contribution is 0.601. The van der Waals surface area contributed by atoms with Gasteiger partial charge >= 0.3 is 0 Å². The Balaban J connectivity index is 2.24. The van der Waals surface area contributed by atoms with E-state index >= 15 is 0 Å². The summed E-state index contributed by atoms with van der Waals surface area (Å²) < 4.78 is 1.08. The Morgan fingerprint density at radius 2 is 2.18 bits per heavy atom. The Morgan fingerprint density at radius 1 is 1.47 bits per heavy atom. The highest BCUT2D eigenvalue weighted by Crippen LogP contribution is 2.31. The van der Waals surface area contributed by atoms with Gasteiger partial charge in [0, 0.05) is 25.3 Å². The molecular formula is C13H20BrN3. The highest BCUT2D eigenvalue weighted by atomic mass is 79.9. The van der Waals surface area contributed by atoms with Gasteiger partial charge in [0.15, 0.2) is 0 Å². The number of halogens is 1. The molecule has 2 rings (SSSR count). The molecule has 1 aliphatic rings. The maximum atomic E-state index is 5.73. The molecule has 0 bridgehead atoms. The fraction of sp³-hybridized carbons (Fsp3) is 0.615. The SMILES string of the molecule is Cc1cnc(N(CCN)C2CCCC2)c(Br)c1. The van der Waals surface area contributed by atoms with Crippen molar-refractivity contribution in [3.8, 4) is 0 Å². The van der Waals surface area contributed by atoms with Crippen LogP contribution in [0.1, 0.15) is 31.2 Å². The molecule has 0 radical (unpaired) electrons. The van der Waals surface area contributed by atoms with Crippen molar-refractivity contribution in [3.05, 3.63) is 22.3 Å². The van der Waals surface area contributed by atoms with Crippen LogP contribution in [0.15, 0.2) is 16.7 Å². The first-order valence-electron chi connectivity index (χ1n) is 6.31. The highest BCUT2D eigenvalue weighted by Gasteiger charge is 2.24. The zero-order valence-electron chi connectivity index (χ0n) is 10.3. The zero-order chi connectivity index (χ0) is 12.3. The largest absolute Gasteiger partial charge is 0.351 e. The number of anilines is 1. The molecule has 3 nitrogen and oxygen atoms in total. The topological polar surface area (TPSA) is 42.2 Å². The molecule has 2 N–H and O–H groups in total. The molecule has 1 heterocycles. The van der Waals surface area contributed by atoms with E-state index < -0.39 is 0 Å². The van der Waals surface area contributed by atoms with Crippen LogP contribution in [-0.4, -0.2) is 24.1 Å². The zero-order valence-corrected chi connectivity index (χ0v) is 11.9. The van der Waals surface area contributed by atoms with E-state index in [-0.39, 0.29) is 0 Å². The molecule has 0 saturated heterocycles. The van der Waals surface area contributed by atoms with Gasteiger partial charge < -0.3 is 10.6 Å². The smallest absolute Gasteiger partial charge is 0.143 e. The summed E-state index contributed by atoms with van der Waals surface area (Å²) in [5.41, 5.74) is 6.91. The summed E-state index contributed by atoms with van der Waals surface area (Å²) in [6.07, 6.45) is 7.12. The van der Waals surface area contributed by atoms with Gasteiger partial charge in [-0.1, -0.05) is 12.8 Å². The number of hydrogen-bond acceptors (Lipinski definition) is 3. The van der Waals surface area contributed by atoms with Gasteiger partial charge in [-0.25, -0.2) is 4.98 Å². The van der Waals surface area contributed by atoms with Crippen molar-refractivity contribution in [1.82, 2.24) is 4.98 Å². The highest BCUT2D eigenvalue weighted by molar-refractivity contribution is 9.10. The molecule has 1 aromatic heterocycles. The van der Waals surface area contributed by atoms with Crippen LogP contribution in [0.25, 0.3) is 0 Å². The van der Waals surface area contributed by atoms with Gasteiger partial charge in [0.25, 0.3) is 0 Å². The van der Waals surface area contributed by atoms with E-state index in [4.69, 9.17) is 5.73 Å². The predicted molar refractivity (Wildman–Crippen MR) is 75.3 cm³/mol. The lowest BCUT2D eigenvalue weighted by atomic mass is 10.2. The van der Waals surface area contributed by atoms with Crippen molar-refractivity contribution in [2.75, 3.05) is 18.0 Å². The number of aryl methyl sites for hydroxylation is 1. The fourth-order valence-corrected chi connectivity index (χ4v) is 3.25. The maximum Gasteiger partial charge on any atom is 0.143 e. The second kappa shape index (κ2) is 5.83. The van der Waals surface area contributed by atoms with Crippen LogP contribution in [0, 0.1) is 6.92 Å². The van der Waals surface area contributed by atoms with Gasteiger partial charge in [0.1, 0.15) is 5.82 Å². The van der Waals surface area contributed by atoms with Crippen LogP contribution in [0.5, 0.6) is 0 Å². The van der Waals surface area contributed by atoms with E-state index in [1.807, 2.05) is 6.20 Å². The summed E-state index contributed by atoms with van der Waals surface area (Å²) in [7, 11) is 0. The second-order valence-corrected chi connectivity index (χ2v) is 5.59. The molecule has 0 unspecified atom stereocenters. The third-order valence-electron chi connectivity index (χ3n) is 3.37. The first-order chi connectivity index (χ1) is 8.22. The number of aromatic nitrogens is 1. The predicted octanol–water partition coefficient (Wildman–Crippen LogP) is 2.86. The van der Waals surface area contributed by atoms with Crippen molar-refractivity contribution < 1.29 is 0 Å². The third kappa shape index (κ3) is 2.99. The molecule has 94 valence electrons. The van der Waals surface area contributed by atoms with Gasteiger partial charge in [-0.3, -0.25) is 0 Å². The lowest BCUT2D eigenvalue weighted by Crippen LogP contribution is -2.38. The average Bonchev–Trinajstić information content (AvgIpc) is 2.80. The summed E-state index contributed by atoms with van der Waals surface area (Å²) in [6, 6.07) is 2.74. The number of nitrogens with two attached hydrogens (primary N) is 1. The van der Waals surface area contributed by atoms with E-state index in [0.717, 1.165) is 16.8 Å². The number of hydrogen-bond donors (Lipinski definition) is 1. The van der Waals surface area contributed by atoms with Crippen LogP contribution in [0.2, 0.25) is 0 Å². The normalized spacial score (nSPS) is 16.4. The molecule has 1 aromatic rings. The fourth-order valence-electron chi connectivity index (χ4n) is 2.55.